The van der Waals surface area contributed by atoms with Gasteiger partial charge in [0.05, 0.1) is 24.9 Å². The first kappa shape index (κ1) is 20.5. The van der Waals surface area contributed by atoms with Crippen molar-refractivity contribution in [3.8, 4) is 11.5 Å². The topological polar surface area (TPSA) is 89.4 Å². The quantitative estimate of drug-likeness (QED) is 0.374. The summed E-state index contributed by atoms with van der Waals surface area (Å²) >= 11 is 3.42. The summed E-state index contributed by atoms with van der Waals surface area (Å²) in [4.78, 5) is -0.443. The number of hydrogen-bond acceptors (Lipinski definition) is 6. The van der Waals surface area contributed by atoms with Crippen molar-refractivity contribution >= 4 is 26.0 Å². The third-order valence-corrected chi connectivity index (χ3v) is 6.77. The van der Waals surface area contributed by atoms with Crippen molar-refractivity contribution in [2.24, 2.45) is 0 Å². The highest BCUT2D eigenvalue weighted by Crippen LogP contribution is 2.28. The molecule has 2 heterocycles. The van der Waals surface area contributed by atoms with Gasteiger partial charge in [-0.15, -0.1) is 10.2 Å². The zero-order chi connectivity index (χ0) is 21.1. The van der Waals surface area contributed by atoms with E-state index in [2.05, 4.69) is 26.1 Å². The predicted molar refractivity (Wildman–Crippen MR) is 109 cm³/mol. The molecular formula is C20H15BrFN3O4S. The predicted octanol–water partition coefficient (Wildman–Crippen LogP) is 4.62. The Labute approximate surface area is 180 Å². The number of halogens is 2. The average Bonchev–Trinajstić information content (AvgIpc) is 3.40. The molecule has 0 fully saturated rings. The molecule has 0 N–H and O–H groups in total. The second kappa shape index (κ2) is 8.50. The second-order valence-corrected chi connectivity index (χ2v) is 9.02. The summed E-state index contributed by atoms with van der Waals surface area (Å²) in [6.45, 7) is -0.384. The molecule has 2 aromatic carbocycles. The number of benzene rings is 2. The van der Waals surface area contributed by atoms with Crippen molar-refractivity contribution in [2.75, 3.05) is 0 Å². The van der Waals surface area contributed by atoms with Gasteiger partial charge in [0.15, 0.2) is 0 Å². The molecule has 0 aliphatic heterocycles. The Kier molecular flexibility index (Phi) is 5.80. The largest absolute Gasteiger partial charge is 0.468 e. The molecule has 10 heteroatoms. The number of hydrogen-bond donors (Lipinski definition) is 0. The molecule has 0 amide bonds. The van der Waals surface area contributed by atoms with Gasteiger partial charge < -0.3 is 8.83 Å². The monoisotopic (exact) mass is 491 g/mol. The van der Waals surface area contributed by atoms with E-state index in [4.69, 9.17) is 8.83 Å². The van der Waals surface area contributed by atoms with Gasteiger partial charge in [0, 0.05) is 4.47 Å². The minimum Gasteiger partial charge on any atom is -0.468 e. The average molecular weight is 492 g/mol. The molecule has 0 aliphatic carbocycles. The Bertz CT molecular complexity index is 1260. The van der Waals surface area contributed by atoms with Crippen LogP contribution in [0.3, 0.4) is 0 Å². The summed E-state index contributed by atoms with van der Waals surface area (Å²) in [5.74, 6) is -0.159. The second-order valence-electron chi connectivity index (χ2n) is 6.26. The van der Waals surface area contributed by atoms with Gasteiger partial charge in [0.1, 0.15) is 16.5 Å². The van der Waals surface area contributed by atoms with E-state index in [9.17, 15) is 12.8 Å². The van der Waals surface area contributed by atoms with Crippen LogP contribution in [-0.4, -0.2) is 22.9 Å². The van der Waals surface area contributed by atoms with Crippen LogP contribution >= 0.6 is 15.9 Å². The summed E-state index contributed by atoms with van der Waals surface area (Å²) < 4.78 is 53.3. The number of aromatic nitrogens is 2. The Morgan fingerprint density at radius 1 is 0.967 bits per heavy atom. The summed E-state index contributed by atoms with van der Waals surface area (Å²) in [6.07, 6.45) is 1.43. The van der Waals surface area contributed by atoms with Gasteiger partial charge in [0.25, 0.3) is 0 Å². The highest BCUT2D eigenvalue weighted by Gasteiger charge is 2.30. The SMILES string of the molecule is O=S(=O)(c1ccccc1F)N(Cc1ccco1)Cc1nnc(-c2ccccc2Br)o1. The third-order valence-electron chi connectivity index (χ3n) is 4.25. The van der Waals surface area contributed by atoms with E-state index < -0.39 is 20.7 Å². The fraction of sp³-hybridized carbons (Fsp3) is 0.100. The van der Waals surface area contributed by atoms with Crippen LogP contribution < -0.4 is 0 Å². The lowest BCUT2D eigenvalue weighted by Gasteiger charge is -2.20. The van der Waals surface area contributed by atoms with Crippen LogP contribution in [0.25, 0.3) is 11.5 Å². The zero-order valence-corrected chi connectivity index (χ0v) is 17.8. The molecule has 30 heavy (non-hydrogen) atoms. The smallest absolute Gasteiger partial charge is 0.248 e. The molecule has 0 atom stereocenters. The standard InChI is InChI=1S/C20H15BrFN3O4S/c21-16-8-2-1-7-15(16)20-24-23-19(29-20)13-25(12-14-6-5-11-28-14)30(26,27)18-10-4-3-9-17(18)22/h1-11H,12-13H2. The number of sulfonamides is 1. The summed E-state index contributed by atoms with van der Waals surface area (Å²) in [7, 11) is -4.21. The maximum Gasteiger partial charge on any atom is 0.248 e. The normalized spacial score (nSPS) is 11.8. The van der Waals surface area contributed by atoms with E-state index in [1.54, 1.807) is 18.2 Å². The van der Waals surface area contributed by atoms with Gasteiger partial charge in [-0.1, -0.05) is 24.3 Å². The number of furan rings is 1. The van der Waals surface area contributed by atoms with E-state index in [1.807, 2.05) is 18.2 Å². The highest BCUT2D eigenvalue weighted by molar-refractivity contribution is 9.10. The van der Waals surface area contributed by atoms with E-state index in [0.717, 1.165) is 14.8 Å². The lowest BCUT2D eigenvalue weighted by Crippen LogP contribution is -2.31. The molecule has 154 valence electrons. The van der Waals surface area contributed by atoms with Gasteiger partial charge in [-0.3, -0.25) is 0 Å². The van der Waals surface area contributed by atoms with Gasteiger partial charge in [-0.25, -0.2) is 12.8 Å². The van der Waals surface area contributed by atoms with Gasteiger partial charge in [0.2, 0.25) is 21.8 Å². The fourth-order valence-corrected chi connectivity index (χ4v) is 4.68. The Morgan fingerprint density at radius 3 is 2.47 bits per heavy atom. The zero-order valence-electron chi connectivity index (χ0n) is 15.4. The first-order valence-corrected chi connectivity index (χ1v) is 11.0. The van der Waals surface area contributed by atoms with Gasteiger partial charge >= 0.3 is 0 Å². The van der Waals surface area contributed by atoms with Crippen molar-refractivity contribution in [1.29, 1.82) is 0 Å². The molecule has 0 aliphatic rings. The van der Waals surface area contributed by atoms with E-state index in [-0.39, 0.29) is 24.9 Å². The molecule has 2 aromatic heterocycles. The molecule has 0 saturated carbocycles. The Balaban J connectivity index is 1.68. The number of rotatable bonds is 7. The first-order valence-electron chi connectivity index (χ1n) is 8.79. The minimum absolute atomic E-state index is 0.0622. The fourth-order valence-electron chi connectivity index (χ4n) is 2.81. The van der Waals surface area contributed by atoms with Crippen molar-refractivity contribution in [3.05, 3.63) is 88.9 Å². The van der Waals surface area contributed by atoms with Crippen LogP contribution in [0.1, 0.15) is 11.7 Å². The lowest BCUT2D eigenvalue weighted by molar-refractivity contribution is 0.324. The summed E-state index contributed by atoms with van der Waals surface area (Å²) in [6, 6.07) is 15.7. The van der Waals surface area contributed by atoms with Gasteiger partial charge in [-0.05, 0) is 52.3 Å². The van der Waals surface area contributed by atoms with Crippen LogP contribution in [0.15, 0.2) is 85.1 Å². The van der Waals surface area contributed by atoms with E-state index >= 15 is 0 Å². The summed E-state index contributed by atoms with van der Waals surface area (Å²) in [5, 5.41) is 7.97. The van der Waals surface area contributed by atoms with Crippen molar-refractivity contribution in [1.82, 2.24) is 14.5 Å². The Hall–Kier alpha value is -2.82. The third kappa shape index (κ3) is 4.20. The highest BCUT2D eigenvalue weighted by atomic mass is 79.9. The van der Waals surface area contributed by atoms with Crippen LogP contribution in [-0.2, 0) is 23.1 Å². The van der Waals surface area contributed by atoms with Gasteiger partial charge in [-0.2, -0.15) is 4.31 Å². The molecule has 0 spiro atoms. The first-order chi connectivity index (χ1) is 14.4. The van der Waals surface area contributed by atoms with E-state index in [1.165, 1.54) is 24.5 Å². The molecular weight excluding hydrogens is 477 g/mol. The van der Waals surface area contributed by atoms with Crippen LogP contribution in [0.2, 0.25) is 0 Å². The molecule has 7 nitrogen and oxygen atoms in total. The van der Waals surface area contributed by atoms with E-state index in [0.29, 0.717) is 11.3 Å². The van der Waals surface area contributed by atoms with Crippen LogP contribution in [0, 0.1) is 5.82 Å². The Morgan fingerprint density at radius 2 is 1.73 bits per heavy atom. The number of nitrogens with zero attached hydrogens (tertiary/aromatic N) is 3. The molecule has 0 bridgehead atoms. The molecule has 0 unspecified atom stereocenters. The molecule has 0 saturated heterocycles. The maximum absolute atomic E-state index is 14.2. The minimum atomic E-state index is -4.21. The summed E-state index contributed by atoms with van der Waals surface area (Å²) in [5.41, 5.74) is 0.672. The van der Waals surface area contributed by atoms with Crippen LogP contribution in [0.4, 0.5) is 4.39 Å². The maximum atomic E-state index is 14.2. The van der Waals surface area contributed by atoms with Crippen molar-refractivity contribution < 1.29 is 21.6 Å². The lowest BCUT2D eigenvalue weighted by atomic mass is 10.2. The molecule has 0 radical (unpaired) electrons. The molecule has 4 rings (SSSR count). The molecule has 4 aromatic rings. The van der Waals surface area contributed by atoms with Crippen molar-refractivity contribution in [3.63, 3.8) is 0 Å². The van der Waals surface area contributed by atoms with Crippen LogP contribution in [0.5, 0.6) is 0 Å². The van der Waals surface area contributed by atoms with Crippen molar-refractivity contribution in [2.45, 2.75) is 18.0 Å².